The van der Waals surface area contributed by atoms with Gasteiger partial charge in [0.25, 0.3) is 0 Å². The number of carboxylic acid groups (broad SMARTS) is 1. The first-order valence-corrected chi connectivity index (χ1v) is 5.50. The number of urea groups is 1. The molecule has 0 saturated carbocycles. The fourth-order valence-electron chi connectivity index (χ4n) is 1.23. The second-order valence-corrected chi connectivity index (χ2v) is 3.56. The third-order valence-electron chi connectivity index (χ3n) is 2.16. The molecule has 0 aliphatic rings. The van der Waals surface area contributed by atoms with E-state index in [1.165, 1.54) is 19.2 Å². The maximum atomic E-state index is 11.2. The summed E-state index contributed by atoms with van der Waals surface area (Å²) in [6, 6.07) is 5.34. The van der Waals surface area contributed by atoms with Crippen LogP contribution in [0.4, 0.5) is 4.79 Å². The van der Waals surface area contributed by atoms with Crippen molar-refractivity contribution in [3.63, 3.8) is 0 Å². The molecule has 0 aliphatic heterocycles. The highest BCUT2D eigenvalue weighted by Gasteiger charge is 2.07. The number of hydrogen-bond acceptors (Lipinski definition) is 4. The van der Waals surface area contributed by atoms with E-state index in [1.54, 1.807) is 12.1 Å². The van der Waals surface area contributed by atoms with Crippen LogP contribution in [0.15, 0.2) is 24.3 Å². The zero-order valence-corrected chi connectivity index (χ0v) is 10.3. The maximum absolute atomic E-state index is 11.2. The molecule has 0 aliphatic carbocycles. The highest BCUT2D eigenvalue weighted by atomic mass is 16.5. The van der Waals surface area contributed by atoms with Crippen molar-refractivity contribution in [1.82, 2.24) is 10.6 Å². The lowest BCUT2D eigenvalue weighted by Crippen LogP contribution is -2.37. The van der Waals surface area contributed by atoms with Crippen LogP contribution in [0.1, 0.15) is 16.8 Å². The van der Waals surface area contributed by atoms with Gasteiger partial charge in [-0.3, -0.25) is 10.1 Å². The molecule has 0 saturated heterocycles. The van der Waals surface area contributed by atoms with E-state index in [9.17, 15) is 14.4 Å². The third-order valence-corrected chi connectivity index (χ3v) is 2.16. The van der Waals surface area contributed by atoms with Gasteiger partial charge in [0.2, 0.25) is 5.91 Å². The Morgan fingerprint density at radius 1 is 1.32 bits per heavy atom. The van der Waals surface area contributed by atoms with Gasteiger partial charge in [0, 0.05) is 7.05 Å². The molecule has 1 aromatic carbocycles. The first-order chi connectivity index (χ1) is 9.02. The van der Waals surface area contributed by atoms with Crippen molar-refractivity contribution in [3.05, 3.63) is 29.8 Å². The molecule has 19 heavy (non-hydrogen) atoms. The average Bonchev–Trinajstić information content (AvgIpc) is 2.38. The van der Waals surface area contributed by atoms with Crippen LogP contribution in [-0.4, -0.2) is 36.7 Å². The molecule has 3 amide bonds. The average molecular weight is 266 g/mol. The molecular formula is C12H14N2O5. The van der Waals surface area contributed by atoms with Crippen molar-refractivity contribution in [2.24, 2.45) is 0 Å². The number of amides is 3. The van der Waals surface area contributed by atoms with E-state index >= 15 is 0 Å². The van der Waals surface area contributed by atoms with Gasteiger partial charge < -0.3 is 15.2 Å². The molecule has 7 heteroatoms. The molecule has 0 spiro atoms. The van der Waals surface area contributed by atoms with Crippen molar-refractivity contribution in [2.75, 3.05) is 13.7 Å². The Morgan fingerprint density at radius 3 is 2.68 bits per heavy atom. The van der Waals surface area contributed by atoms with Gasteiger partial charge in [0.05, 0.1) is 18.6 Å². The lowest BCUT2D eigenvalue weighted by molar-refractivity contribution is -0.120. The Bertz CT molecular complexity index is 487. The standard InChI is InChI=1S/C12H14N2O5/c1-13-12(18)14-10(15)5-6-19-9-4-2-3-8(7-9)11(16)17/h2-4,7H,5-6H2,1H3,(H,16,17)(H2,13,14,15,18). The van der Waals surface area contributed by atoms with Gasteiger partial charge in [-0.15, -0.1) is 0 Å². The quantitative estimate of drug-likeness (QED) is 0.724. The van der Waals surface area contributed by atoms with Crippen LogP contribution in [-0.2, 0) is 4.79 Å². The smallest absolute Gasteiger partial charge is 0.335 e. The predicted octanol–water partition coefficient (Wildman–Crippen LogP) is 0.609. The fourth-order valence-corrected chi connectivity index (χ4v) is 1.23. The SMILES string of the molecule is CNC(=O)NC(=O)CCOc1cccc(C(=O)O)c1. The van der Waals surface area contributed by atoms with Gasteiger partial charge >= 0.3 is 12.0 Å². The molecule has 0 aromatic heterocycles. The van der Waals surface area contributed by atoms with Crippen molar-refractivity contribution in [3.8, 4) is 5.75 Å². The number of imide groups is 1. The van der Waals surface area contributed by atoms with Gasteiger partial charge in [-0.1, -0.05) is 6.07 Å². The van der Waals surface area contributed by atoms with E-state index in [-0.39, 0.29) is 18.6 Å². The number of aromatic carboxylic acids is 1. The molecular weight excluding hydrogens is 252 g/mol. The number of rotatable bonds is 5. The van der Waals surface area contributed by atoms with Gasteiger partial charge in [0.15, 0.2) is 0 Å². The van der Waals surface area contributed by atoms with Crippen LogP contribution in [0.5, 0.6) is 5.75 Å². The minimum atomic E-state index is -1.05. The third kappa shape index (κ3) is 5.07. The monoisotopic (exact) mass is 266 g/mol. The zero-order chi connectivity index (χ0) is 14.3. The Labute approximate surface area is 109 Å². The highest BCUT2D eigenvalue weighted by Crippen LogP contribution is 2.13. The summed E-state index contributed by atoms with van der Waals surface area (Å²) in [4.78, 5) is 32.8. The molecule has 0 atom stereocenters. The van der Waals surface area contributed by atoms with Crippen LogP contribution in [0.25, 0.3) is 0 Å². The first kappa shape index (κ1) is 14.5. The van der Waals surface area contributed by atoms with Gasteiger partial charge in [-0.05, 0) is 18.2 Å². The van der Waals surface area contributed by atoms with Gasteiger partial charge in [-0.25, -0.2) is 9.59 Å². The van der Waals surface area contributed by atoms with E-state index in [0.717, 1.165) is 0 Å². The number of benzene rings is 1. The second-order valence-electron chi connectivity index (χ2n) is 3.56. The Hall–Kier alpha value is -2.57. The minimum absolute atomic E-state index is 0.00921. The number of hydrogen-bond donors (Lipinski definition) is 3. The molecule has 0 unspecified atom stereocenters. The topological polar surface area (TPSA) is 105 Å². The predicted molar refractivity (Wildman–Crippen MR) is 66.1 cm³/mol. The van der Waals surface area contributed by atoms with Crippen molar-refractivity contribution in [2.45, 2.75) is 6.42 Å². The summed E-state index contributed by atoms with van der Waals surface area (Å²) < 4.78 is 5.23. The molecule has 0 radical (unpaired) electrons. The Balaban J connectivity index is 2.41. The summed E-state index contributed by atoms with van der Waals surface area (Å²) in [5, 5.41) is 13.1. The van der Waals surface area contributed by atoms with Crippen LogP contribution < -0.4 is 15.4 Å². The lowest BCUT2D eigenvalue weighted by atomic mass is 10.2. The fraction of sp³-hybridized carbons (Fsp3) is 0.250. The molecule has 102 valence electrons. The zero-order valence-electron chi connectivity index (χ0n) is 10.3. The first-order valence-electron chi connectivity index (χ1n) is 5.50. The summed E-state index contributed by atoms with van der Waals surface area (Å²) >= 11 is 0. The number of nitrogens with one attached hydrogen (secondary N) is 2. The summed E-state index contributed by atoms with van der Waals surface area (Å²) in [6.45, 7) is 0.0475. The van der Waals surface area contributed by atoms with Crippen LogP contribution in [0, 0.1) is 0 Å². The molecule has 1 rings (SSSR count). The van der Waals surface area contributed by atoms with Crippen LogP contribution in [0.3, 0.4) is 0 Å². The number of carboxylic acids is 1. The molecule has 0 heterocycles. The molecule has 7 nitrogen and oxygen atoms in total. The Kier molecular flexibility index (Phi) is 5.34. The molecule has 1 aromatic rings. The van der Waals surface area contributed by atoms with Crippen molar-refractivity contribution in [1.29, 1.82) is 0 Å². The van der Waals surface area contributed by atoms with Crippen LogP contribution in [0.2, 0.25) is 0 Å². The summed E-state index contributed by atoms with van der Waals surface area (Å²) in [5.41, 5.74) is 0.104. The maximum Gasteiger partial charge on any atom is 0.335 e. The minimum Gasteiger partial charge on any atom is -0.493 e. The van der Waals surface area contributed by atoms with E-state index in [0.29, 0.717) is 5.75 Å². The molecule has 0 fully saturated rings. The highest BCUT2D eigenvalue weighted by molar-refractivity contribution is 5.94. The van der Waals surface area contributed by atoms with Crippen molar-refractivity contribution >= 4 is 17.9 Å². The van der Waals surface area contributed by atoms with E-state index in [4.69, 9.17) is 9.84 Å². The summed E-state index contributed by atoms with van der Waals surface area (Å²) in [7, 11) is 1.40. The van der Waals surface area contributed by atoms with E-state index in [1.807, 2.05) is 0 Å². The largest absolute Gasteiger partial charge is 0.493 e. The second kappa shape index (κ2) is 7.00. The van der Waals surface area contributed by atoms with E-state index in [2.05, 4.69) is 10.6 Å². The summed E-state index contributed by atoms with van der Waals surface area (Å²) in [6.07, 6.45) is -0.00921. The number of ether oxygens (including phenoxy) is 1. The summed E-state index contributed by atoms with van der Waals surface area (Å²) in [5.74, 6) is -1.18. The van der Waals surface area contributed by atoms with Gasteiger partial charge in [0.1, 0.15) is 5.75 Å². The lowest BCUT2D eigenvalue weighted by Gasteiger charge is -2.07. The van der Waals surface area contributed by atoms with Gasteiger partial charge in [-0.2, -0.15) is 0 Å². The Morgan fingerprint density at radius 2 is 2.05 bits per heavy atom. The van der Waals surface area contributed by atoms with Crippen LogP contribution >= 0.6 is 0 Å². The molecule has 0 bridgehead atoms. The molecule has 3 N–H and O–H groups in total. The number of carbonyl (C=O) groups is 3. The normalized spacial score (nSPS) is 9.53. The van der Waals surface area contributed by atoms with Crippen molar-refractivity contribution < 1.29 is 24.2 Å². The van der Waals surface area contributed by atoms with E-state index < -0.39 is 17.9 Å². The number of carbonyl (C=O) groups excluding carboxylic acids is 2.